The van der Waals surface area contributed by atoms with Crippen LogP contribution in [0.3, 0.4) is 0 Å². The van der Waals surface area contributed by atoms with Crippen LogP contribution < -0.4 is 0 Å². The second-order valence-corrected chi connectivity index (χ2v) is 8.36. The van der Waals surface area contributed by atoms with Crippen LogP contribution in [0.15, 0.2) is 59.8 Å². The van der Waals surface area contributed by atoms with E-state index < -0.39 is 10.0 Å². The van der Waals surface area contributed by atoms with E-state index in [2.05, 4.69) is 5.16 Å². The Labute approximate surface area is 149 Å². The summed E-state index contributed by atoms with van der Waals surface area (Å²) in [4.78, 5) is 5.50. The van der Waals surface area contributed by atoms with Gasteiger partial charge in [0.1, 0.15) is 6.10 Å². The number of oxime groups is 1. The Bertz CT molecular complexity index is 846. The number of hydrogen-bond donors (Lipinski definition) is 0. The first-order valence-electron chi connectivity index (χ1n) is 8.20. The van der Waals surface area contributed by atoms with Crippen molar-refractivity contribution in [2.24, 2.45) is 5.16 Å². The number of nitrogens with zero attached hydrogens (tertiary/aromatic N) is 2. The lowest BCUT2D eigenvalue weighted by Gasteiger charge is -2.22. The SMILES string of the molecule is Cc1ccc(C2=NOC(CN(Cc3ccccc3)S(C)(=O)=O)C2)cc1. The van der Waals surface area contributed by atoms with Crippen molar-refractivity contribution >= 4 is 15.7 Å². The van der Waals surface area contributed by atoms with Gasteiger partial charge in [-0.3, -0.25) is 0 Å². The molecule has 0 spiro atoms. The maximum Gasteiger partial charge on any atom is 0.211 e. The molecule has 2 aromatic rings. The van der Waals surface area contributed by atoms with E-state index >= 15 is 0 Å². The average Bonchev–Trinajstić information content (AvgIpc) is 3.04. The van der Waals surface area contributed by atoms with Crippen LogP contribution in [0.2, 0.25) is 0 Å². The lowest BCUT2D eigenvalue weighted by atomic mass is 10.0. The van der Waals surface area contributed by atoms with Gasteiger partial charge in [-0.25, -0.2) is 8.42 Å². The quantitative estimate of drug-likeness (QED) is 0.798. The molecule has 0 amide bonds. The Morgan fingerprint density at radius 2 is 1.80 bits per heavy atom. The standard InChI is InChI=1S/C19H22N2O3S/c1-15-8-10-17(11-9-15)19-12-18(24-20-19)14-21(25(2,22)23)13-16-6-4-3-5-7-16/h3-11,18H,12-14H2,1-2H3. The van der Waals surface area contributed by atoms with E-state index in [1.807, 2.05) is 61.5 Å². The second-order valence-electron chi connectivity index (χ2n) is 6.38. The van der Waals surface area contributed by atoms with Crippen LogP contribution in [0.1, 0.15) is 23.1 Å². The molecule has 25 heavy (non-hydrogen) atoms. The van der Waals surface area contributed by atoms with Gasteiger partial charge in [-0.05, 0) is 18.1 Å². The zero-order chi connectivity index (χ0) is 17.9. The highest BCUT2D eigenvalue weighted by molar-refractivity contribution is 7.88. The van der Waals surface area contributed by atoms with Crippen molar-refractivity contribution < 1.29 is 13.3 Å². The normalized spacial score (nSPS) is 17.4. The van der Waals surface area contributed by atoms with Crippen molar-refractivity contribution in [3.63, 3.8) is 0 Å². The zero-order valence-electron chi connectivity index (χ0n) is 14.4. The summed E-state index contributed by atoms with van der Waals surface area (Å²) < 4.78 is 25.7. The second kappa shape index (κ2) is 7.37. The predicted molar refractivity (Wildman–Crippen MR) is 98.9 cm³/mol. The van der Waals surface area contributed by atoms with Crippen LogP contribution in [0.5, 0.6) is 0 Å². The number of rotatable bonds is 6. The summed E-state index contributed by atoms with van der Waals surface area (Å²) in [6, 6.07) is 17.6. The Morgan fingerprint density at radius 3 is 2.44 bits per heavy atom. The number of sulfonamides is 1. The molecule has 0 saturated carbocycles. The number of hydrogen-bond acceptors (Lipinski definition) is 4. The molecule has 0 saturated heterocycles. The van der Waals surface area contributed by atoms with Gasteiger partial charge in [-0.2, -0.15) is 4.31 Å². The number of benzene rings is 2. The van der Waals surface area contributed by atoms with E-state index in [4.69, 9.17) is 4.84 Å². The first kappa shape index (κ1) is 17.6. The monoisotopic (exact) mass is 358 g/mol. The third-order valence-electron chi connectivity index (χ3n) is 4.20. The van der Waals surface area contributed by atoms with E-state index in [1.165, 1.54) is 16.1 Å². The Balaban J connectivity index is 1.66. The summed E-state index contributed by atoms with van der Waals surface area (Å²) in [5, 5.41) is 4.15. The van der Waals surface area contributed by atoms with E-state index in [1.54, 1.807) is 0 Å². The van der Waals surface area contributed by atoms with Crippen molar-refractivity contribution in [1.29, 1.82) is 0 Å². The summed E-state index contributed by atoms with van der Waals surface area (Å²) in [6.45, 7) is 2.65. The fourth-order valence-electron chi connectivity index (χ4n) is 2.77. The minimum Gasteiger partial charge on any atom is -0.390 e. The van der Waals surface area contributed by atoms with Gasteiger partial charge in [0.05, 0.1) is 18.5 Å². The van der Waals surface area contributed by atoms with Crippen LogP contribution >= 0.6 is 0 Å². The van der Waals surface area contributed by atoms with Crippen molar-refractivity contribution in [2.75, 3.05) is 12.8 Å². The van der Waals surface area contributed by atoms with Gasteiger partial charge in [0.15, 0.2) is 0 Å². The lowest BCUT2D eigenvalue weighted by Crippen LogP contribution is -2.36. The predicted octanol–water partition coefficient (Wildman–Crippen LogP) is 2.95. The maximum atomic E-state index is 12.1. The summed E-state index contributed by atoms with van der Waals surface area (Å²) >= 11 is 0. The van der Waals surface area contributed by atoms with Gasteiger partial charge in [0.25, 0.3) is 0 Å². The van der Waals surface area contributed by atoms with Crippen molar-refractivity contribution in [2.45, 2.75) is 26.0 Å². The van der Waals surface area contributed by atoms with Crippen LogP contribution in [0, 0.1) is 6.92 Å². The largest absolute Gasteiger partial charge is 0.390 e. The molecule has 3 rings (SSSR count). The molecule has 0 bridgehead atoms. The summed E-state index contributed by atoms with van der Waals surface area (Å²) in [5.41, 5.74) is 4.01. The summed E-state index contributed by atoms with van der Waals surface area (Å²) in [6.07, 6.45) is 1.56. The summed E-state index contributed by atoms with van der Waals surface area (Å²) in [7, 11) is -3.34. The van der Waals surface area contributed by atoms with E-state index in [-0.39, 0.29) is 12.6 Å². The highest BCUT2D eigenvalue weighted by Crippen LogP contribution is 2.20. The lowest BCUT2D eigenvalue weighted by molar-refractivity contribution is 0.0695. The molecule has 0 N–H and O–H groups in total. The molecule has 1 heterocycles. The van der Waals surface area contributed by atoms with Crippen LogP contribution in [-0.2, 0) is 21.4 Å². The molecule has 132 valence electrons. The van der Waals surface area contributed by atoms with Crippen LogP contribution in [0.4, 0.5) is 0 Å². The molecular formula is C19H22N2O3S. The third kappa shape index (κ3) is 4.67. The van der Waals surface area contributed by atoms with E-state index in [9.17, 15) is 8.42 Å². The maximum absolute atomic E-state index is 12.1. The Kier molecular flexibility index (Phi) is 5.20. The molecule has 0 aromatic heterocycles. The van der Waals surface area contributed by atoms with Gasteiger partial charge >= 0.3 is 0 Å². The average molecular weight is 358 g/mol. The third-order valence-corrected chi connectivity index (χ3v) is 5.41. The van der Waals surface area contributed by atoms with Gasteiger partial charge in [0.2, 0.25) is 10.0 Å². The van der Waals surface area contributed by atoms with Gasteiger partial charge in [-0.15, -0.1) is 0 Å². The molecule has 2 aromatic carbocycles. The molecule has 1 atom stereocenters. The molecule has 6 heteroatoms. The summed E-state index contributed by atoms with van der Waals surface area (Å²) in [5.74, 6) is 0. The first-order chi connectivity index (χ1) is 11.9. The fraction of sp³-hybridized carbons (Fsp3) is 0.316. The minimum absolute atomic E-state index is 0.269. The minimum atomic E-state index is -3.34. The molecule has 1 aliphatic heterocycles. The van der Waals surface area contributed by atoms with Crippen LogP contribution in [0.25, 0.3) is 0 Å². The van der Waals surface area contributed by atoms with E-state index in [0.717, 1.165) is 16.8 Å². The zero-order valence-corrected chi connectivity index (χ0v) is 15.2. The molecule has 0 radical (unpaired) electrons. The van der Waals surface area contributed by atoms with Crippen LogP contribution in [-0.4, -0.2) is 37.3 Å². The van der Waals surface area contributed by atoms with Crippen molar-refractivity contribution in [3.8, 4) is 0 Å². The molecule has 1 unspecified atom stereocenters. The van der Waals surface area contributed by atoms with Gasteiger partial charge < -0.3 is 4.84 Å². The Hall–Kier alpha value is -2.18. The smallest absolute Gasteiger partial charge is 0.211 e. The van der Waals surface area contributed by atoms with Gasteiger partial charge in [0, 0.05) is 13.0 Å². The molecular weight excluding hydrogens is 336 g/mol. The van der Waals surface area contributed by atoms with E-state index in [0.29, 0.717) is 13.0 Å². The van der Waals surface area contributed by atoms with Crippen molar-refractivity contribution in [1.82, 2.24) is 4.31 Å². The van der Waals surface area contributed by atoms with Gasteiger partial charge in [-0.1, -0.05) is 65.3 Å². The highest BCUT2D eigenvalue weighted by Gasteiger charge is 2.28. The molecule has 0 fully saturated rings. The molecule has 0 aliphatic carbocycles. The topological polar surface area (TPSA) is 59.0 Å². The first-order valence-corrected chi connectivity index (χ1v) is 10.1. The molecule has 5 nitrogen and oxygen atoms in total. The Morgan fingerprint density at radius 1 is 1.12 bits per heavy atom. The molecule has 1 aliphatic rings. The highest BCUT2D eigenvalue weighted by atomic mass is 32.2. The number of aryl methyl sites for hydroxylation is 1. The fourth-order valence-corrected chi connectivity index (χ4v) is 3.59. The van der Waals surface area contributed by atoms with Crippen molar-refractivity contribution in [3.05, 3.63) is 71.3 Å².